The van der Waals surface area contributed by atoms with Crippen LogP contribution in [0.15, 0.2) is 83.0 Å². The van der Waals surface area contributed by atoms with Crippen LogP contribution in [0.4, 0.5) is 11.4 Å². The Morgan fingerprint density at radius 1 is 0.781 bits per heavy atom. The van der Waals surface area contributed by atoms with Crippen molar-refractivity contribution in [1.82, 2.24) is 4.90 Å². The zero-order valence-corrected chi connectivity index (χ0v) is 19.9. The number of phenols is 1. The van der Waals surface area contributed by atoms with Gasteiger partial charge >= 0.3 is 0 Å². The van der Waals surface area contributed by atoms with Crippen LogP contribution in [0.5, 0.6) is 5.75 Å². The summed E-state index contributed by atoms with van der Waals surface area (Å²) in [6.07, 6.45) is 0.909. The number of azo groups is 1. The number of aryl methyl sites for hydroxylation is 1. The number of hydrogen-bond acceptors (Lipinski definition) is 4. The van der Waals surface area contributed by atoms with E-state index in [0.29, 0.717) is 17.8 Å². The zero-order valence-electron chi connectivity index (χ0n) is 19.9. The Hall–Kier alpha value is -2.98. The standard InChI is InChI=1S/C28H35N3O/c1-20(2)31(21(3)4)18-17-26(23-9-7-6-8-10-23)27-19-25(15-16-28(27)32)30-29-24-13-11-22(5)12-14-24/h6-16,19-21,26,32H,17-18H2,1-5H3/b30-29+/t26-/m1/s1. The van der Waals surface area contributed by atoms with Gasteiger partial charge < -0.3 is 5.11 Å². The molecule has 0 bridgehead atoms. The minimum atomic E-state index is 0.0747. The van der Waals surface area contributed by atoms with Gasteiger partial charge in [0.1, 0.15) is 5.75 Å². The molecule has 0 unspecified atom stereocenters. The van der Waals surface area contributed by atoms with Crippen LogP contribution in [0.2, 0.25) is 0 Å². The number of nitrogens with zero attached hydrogens (tertiary/aromatic N) is 3. The summed E-state index contributed by atoms with van der Waals surface area (Å²) in [6.45, 7) is 11.9. The lowest BCUT2D eigenvalue weighted by atomic mass is 9.87. The molecule has 3 rings (SSSR count). The van der Waals surface area contributed by atoms with E-state index < -0.39 is 0 Å². The molecule has 0 aliphatic heterocycles. The highest BCUT2D eigenvalue weighted by molar-refractivity contribution is 5.51. The molecule has 0 aliphatic carbocycles. The lowest BCUT2D eigenvalue weighted by Crippen LogP contribution is -2.38. The van der Waals surface area contributed by atoms with Gasteiger partial charge in [-0.15, -0.1) is 0 Å². The maximum absolute atomic E-state index is 10.8. The van der Waals surface area contributed by atoms with Crippen molar-refractivity contribution in [3.63, 3.8) is 0 Å². The van der Waals surface area contributed by atoms with Gasteiger partial charge in [-0.3, -0.25) is 4.90 Å². The Labute approximate surface area is 192 Å². The average molecular weight is 430 g/mol. The Balaban J connectivity index is 1.91. The molecule has 168 valence electrons. The minimum Gasteiger partial charge on any atom is -0.508 e. The van der Waals surface area contributed by atoms with E-state index in [1.165, 1.54) is 11.1 Å². The van der Waals surface area contributed by atoms with Crippen LogP contribution in [-0.2, 0) is 0 Å². The van der Waals surface area contributed by atoms with Crippen LogP contribution in [0.3, 0.4) is 0 Å². The van der Waals surface area contributed by atoms with Crippen LogP contribution < -0.4 is 0 Å². The molecular formula is C28H35N3O. The van der Waals surface area contributed by atoms with E-state index in [1.54, 1.807) is 6.07 Å². The third kappa shape index (κ3) is 6.27. The van der Waals surface area contributed by atoms with Gasteiger partial charge in [-0.1, -0.05) is 48.0 Å². The summed E-state index contributed by atoms with van der Waals surface area (Å²) in [7, 11) is 0. The normalized spacial score (nSPS) is 12.9. The van der Waals surface area contributed by atoms with Crippen molar-refractivity contribution in [3.05, 3.63) is 89.5 Å². The zero-order chi connectivity index (χ0) is 23.1. The van der Waals surface area contributed by atoms with Crippen molar-refractivity contribution in [1.29, 1.82) is 0 Å². The van der Waals surface area contributed by atoms with Crippen LogP contribution in [0.1, 0.15) is 56.7 Å². The third-order valence-electron chi connectivity index (χ3n) is 5.91. The van der Waals surface area contributed by atoms with Gasteiger partial charge in [-0.05, 0) is 83.5 Å². The van der Waals surface area contributed by atoms with Gasteiger partial charge in [0.05, 0.1) is 11.4 Å². The topological polar surface area (TPSA) is 48.2 Å². The third-order valence-corrected chi connectivity index (χ3v) is 5.91. The first kappa shape index (κ1) is 23.7. The van der Waals surface area contributed by atoms with Crippen molar-refractivity contribution < 1.29 is 5.11 Å². The Kier molecular flexibility index (Phi) is 8.18. The molecule has 0 radical (unpaired) electrons. The number of phenolic OH excluding ortho intramolecular Hbond substituents is 1. The first-order valence-corrected chi connectivity index (χ1v) is 11.5. The van der Waals surface area contributed by atoms with Crippen molar-refractivity contribution in [2.24, 2.45) is 10.2 Å². The monoisotopic (exact) mass is 429 g/mol. The van der Waals surface area contributed by atoms with E-state index in [1.807, 2.05) is 42.5 Å². The van der Waals surface area contributed by atoms with E-state index >= 15 is 0 Å². The highest BCUT2D eigenvalue weighted by atomic mass is 16.3. The van der Waals surface area contributed by atoms with Gasteiger partial charge in [0.15, 0.2) is 0 Å². The second-order valence-corrected chi connectivity index (χ2v) is 8.96. The highest BCUT2D eigenvalue weighted by Crippen LogP contribution is 2.37. The smallest absolute Gasteiger partial charge is 0.119 e. The summed E-state index contributed by atoms with van der Waals surface area (Å²) >= 11 is 0. The Morgan fingerprint density at radius 3 is 2.00 bits per heavy atom. The second kappa shape index (κ2) is 11.1. The van der Waals surface area contributed by atoms with Gasteiger partial charge in [-0.25, -0.2) is 0 Å². The molecule has 0 saturated heterocycles. The lowest BCUT2D eigenvalue weighted by Gasteiger charge is -2.32. The summed E-state index contributed by atoms with van der Waals surface area (Å²) in [6, 6.07) is 24.8. The first-order valence-electron chi connectivity index (χ1n) is 11.5. The average Bonchev–Trinajstić information content (AvgIpc) is 2.77. The molecule has 0 amide bonds. The summed E-state index contributed by atoms with van der Waals surface area (Å²) in [5.41, 5.74) is 4.84. The SMILES string of the molecule is Cc1ccc(/N=N/c2ccc(O)c([C@H](CCN(C(C)C)C(C)C)c3ccccc3)c2)cc1. The molecule has 0 spiro atoms. The van der Waals surface area contributed by atoms with Crippen molar-refractivity contribution in [2.45, 2.75) is 59.0 Å². The number of benzene rings is 3. The molecule has 1 atom stereocenters. The van der Waals surface area contributed by atoms with E-state index in [0.717, 1.165) is 29.9 Å². The highest BCUT2D eigenvalue weighted by Gasteiger charge is 2.21. The summed E-state index contributed by atoms with van der Waals surface area (Å²) in [4.78, 5) is 2.49. The largest absolute Gasteiger partial charge is 0.508 e. The summed E-state index contributed by atoms with van der Waals surface area (Å²) < 4.78 is 0. The Bertz CT molecular complexity index is 1000. The van der Waals surface area contributed by atoms with E-state index in [2.05, 4.69) is 74.0 Å². The molecule has 3 aromatic carbocycles. The molecule has 3 aromatic rings. The maximum Gasteiger partial charge on any atom is 0.119 e. The molecule has 4 heteroatoms. The quantitative estimate of drug-likeness (QED) is 0.353. The second-order valence-electron chi connectivity index (χ2n) is 8.96. The van der Waals surface area contributed by atoms with Gasteiger partial charge in [0.2, 0.25) is 0 Å². The Morgan fingerprint density at radius 2 is 1.38 bits per heavy atom. The number of hydrogen-bond donors (Lipinski definition) is 1. The van der Waals surface area contributed by atoms with Crippen LogP contribution in [-0.4, -0.2) is 28.6 Å². The van der Waals surface area contributed by atoms with Crippen molar-refractivity contribution >= 4 is 11.4 Å². The van der Waals surface area contributed by atoms with Gasteiger partial charge in [-0.2, -0.15) is 10.2 Å². The molecule has 1 N–H and O–H groups in total. The molecule has 32 heavy (non-hydrogen) atoms. The fourth-order valence-corrected chi connectivity index (χ4v) is 4.19. The van der Waals surface area contributed by atoms with Crippen molar-refractivity contribution in [2.75, 3.05) is 6.54 Å². The molecule has 0 aliphatic rings. The maximum atomic E-state index is 10.8. The molecule has 4 nitrogen and oxygen atoms in total. The van der Waals surface area contributed by atoms with E-state index in [4.69, 9.17) is 0 Å². The summed E-state index contributed by atoms with van der Waals surface area (Å²) in [5, 5.41) is 19.6. The van der Waals surface area contributed by atoms with Gasteiger partial charge in [0, 0.05) is 23.6 Å². The van der Waals surface area contributed by atoms with E-state index in [-0.39, 0.29) is 5.92 Å². The van der Waals surface area contributed by atoms with E-state index in [9.17, 15) is 5.11 Å². The molecule has 0 fully saturated rings. The molecular weight excluding hydrogens is 394 g/mol. The minimum absolute atomic E-state index is 0.0747. The first-order chi connectivity index (χ1) is 15.3. The number of aromatic hydroxyl groups is 1. The molecule has 0 aromatic heterocycles. The molecule has 0 heterocycles. The van der Waals surface area contributed by atoms with Crippen molar-refractivity contribution in [3.8, 4) is 5.75 Å². The summed E-state index contributed by atoms with van der Waals surface area (Å²) in [5.74, 6) is 0.375. The fraction of sp³-hybridized carbons (Fsp3) is 0.357. The van der Waals surface area contributed by atoms with Crippen LogP contribution in [0, 0.1) is 6.92 Å². The van der Waals surface area contributed by atoms with Gasteiger partial charge in [0.25, 0.3) is 0 Å². The van der Waals surface area contributed by atoms with Crippen LogP contribution >= 0.6 is 0 Å². The fourth-order valence-electron chi connectivity index (χ4n) is 4.19. The number of rotatable bonds is 9. The molecule has 0 saturated carbocycles. The predicted molar refractivity (Wildman–Crippen MR) is 133 cm³/mol. The lowest BCUT2D eigenvalue weighted by molar-refractivity contribution is 0.170. The van der Waals surface area contributed by atoms with Crippen LogP contribution in [0.25, 0.3) is 0 Å². The predicted octanol–water partition coefficient (Wildman–Crippen LogP) is 7.76.